The van der Waals surface area contributed by atoms with Gasteiger partial charge in [-0.3, -0.25) is 4.79 Å². The van der Waals surface area contributed by atoms with E-state index in [1.54, 1.807) is 12.1 Å². The van der Waals surface area contributed by atoms with E-state index in [2.05, 4.69) is 34.5 Å². The molecule has 0 spiro atoms. The number of carbonyl (C=O) groups excluding carboxylic acids is 1. The van der Waals surface area contributed by atoms with Gasteiger partial charge in [0.1, 0.15) is 13.2 Å². The summed E-state index contributed by atoms with van der Waals surface area (Å²) in [5.41, 5.74) is 4.96. The van der Waals surface area contributed by atoms with E-state index in [0.29, 0.717) is 41.0 Å². The molecule has 3 aromatic rings. The van der Waals surface area contributed by atoms with Gasteiger partial charge >= 0.3 is 0 Å². The smallest absolute Gasteiger partial charge is 0.255 e. The topological polar surface area (TPSA) is 50.8 Å². The highest BCUT2D eigenvalue weighted by Crippen LogP contribution is 2.38. The van der Waals surface area contributed by atoms with Crippen LogP contribution in [0.3, 0.4) is 0 Å². The van der Waals surface area contributed by atoms with Crippen molar-refractivity contribution in [1.29, 1.82) is 0 Å². The van der Waals surface area contributed by atoms with Gasteiger partial charge in [-0.1, -0.05) is 35.9 Å². The van der Waals surface area contributed by atoms with E-state index in [1.807, 2.05) is 24.3 Å². The van der Waals surface area contributed by atoms with E-state index < -0.39 is 0 Å². The molecule has 6 heteroatoms. The van der Waals surface area contributed by atoms with Crippen LogP contribution >= 0.6 is 11.6 Å². The minimum atomic E-state index is -0.218. The van der Waals surface area contributed by atoms with Crippen molar-refractivity contribution in [3.05, 3.63) is 82.4 Å². The van der Waals surface area contributed by atoms with Gasteiger partial charge in [0, 0.05) is 36.5 Å². The minimum Gasteiger partial charge on any atom is -0.486 e. The summed E-state index contributed by atoms with van der Waals surface area (Å²) in [5.74, 6) is 0.961. The zero-order valence-corrected chi connectivity index (χ0v) is 17.1. The largest absolute Gasteiger partial charge is 0.486 e. The molecule has 1 amide bonds. The average molecular weight is 421 g/mol. The molecule has 0 aliphatic carbocycles. The van der Waals surface area contributed by atoms with Gasteiger partial charge in [0.25, 0.3) is 5.91 Å². The normalized spacial score (nSPS) is 14.8. The van der Waals surface area contributed by atoms with Crippen molar-refractivity contribution in [3.8, 4) is 11.5 Å². The molecule has 5 nitrogen and oxygen atoms in total. The first kappa shape index (κ1) is 18.8. The molecule has 30 heavy (non-hydrogen) atoms. The lowest BCUT2D eigenvalue weighted by molar-refractivity contribution is 0.102. The lowest BCUT2D eigenvalue weighted by atomic mass is 9.99. The van der Waals surface area contributed by atoms with Crippen LogP contribution in [0.4, 0.5) is 11.4 Å². The van der Waals surface area contributed by atoms with Crippen molar-refractivity contribution in [1.82, 2.24) is 0 Å². The van der Waals surface area contributed by atoms with Gasteiger partial charge in [-0.05, 0) is 41.8 Å². The molecule has 152 valence electrons. The van der Waals surface area contributed by atoms with Crippen molar-refractivity contribution in [2.24, 2.45) is 0 Å². The molecular formula is C24H21ClN2O3. The fourth-order valence-corrected chi connectivity index (χ4v) is 4.09. The van der Waals surface area contributed by atoms with E-state index in [4.69, 9.17) is 21.1 Å². The lowest BCUT2D eigenvalue weighted by Crippen LogP contribution is -2.30. The number of hydrogen-bond acceptors (Lipinski definition) is 4. The molecule has 0 saturated heterocycles. The van der Waals surface area contributed by atoms with Gasteiger partial charge in [-0.15, -0.1) is 0 Å². The average Bonchev–Trinajstić information content (AvgIpc) is 2.79. The molecular weight excluding hydrogens is 400 g/mol. The Morgan fingerprint density at radius 2 is 1.63 bits per heavy atom. The molecule has 5 rings (SSSR count). The first-order valence-corrected chi connectivity index (χ1v) is 10.4. The Labute approximate surface area is 180 Å². The van der Waals surface area contributed by atoms with Gasteiger partial charge in [-0.2, -0.15) is 0 Å². The summed E-state index contributed by atoms with van der Waals surface area (Å²) in [6.45, 7) is 2.82. The molecule has 0 radical (unpaired) electrons. The third kappa shape index (κ3) is 3.68. The second-order valence-electron chi connectivity index (χ2n) is 7.42. The van der Waals surface area contributed by atoms with Crippen LogP contribution in [0.25, 0.3) is 0 Å². The van der Waals surface area contributed by atoms with E-state index >= 15 is 0 Å². The van der Waals surface area contributed by atoms with E-state index in [0.717, 1.165) is 25.2 Å². The Morgan fingerprint density at radius 3 is 2.40 bits per heavy atom. The number of carbonyl (C=O) groups is 1. The predicted octanol–water partition coefficient (Wildman–Crippen LogP) is 4.93. The summed E-state index contributed by atoms with van der Waals surface area (Å²) in [7, 11) is 0. The molecule has 0 bridgehead atoms. The molecule has 0 aromatic heterocycles. The fourth-order valence-electron chi connectivity index (χ4n) is 3.89. The second-order valence-corrected chi connectivity index (χ2v) is 7.82. The van der Waals surface area contributed by atoms with Crippen molar-refractivity contribution in [2.75, 3.05) is 30.0 Å². The van der Waals surface area contributed by atoms with Crippen LogP contribution in [0.2, 0.25) is 5.02 Å². The zero-order valence-electron chi connectivity index (χ0n) is 16.4. The maximum absolute atomic E-state index is 12.7. The number of rotatable bonds is 3. The number of fused-ring (bicyclic) bond motifs is 2. The highest BCUT2D eigenvalue weighted by molar-refractivity contribution is 6.34. The molecule has 2 aliphatic heterocycles. The van der Waals surface area contributed by atoms with Crippen molar-refractivity contribution >= 4 is 28.9 Å². The Morgan fingerprint density at radius 1 is 0.933 bits per heavy atom. The van der Waals surface area contributed by atoms with E-state index in [-0.39, 0.29) is 5.91 Å². The highest BCUT2D eigenvalue weighted by Gasteiger charge is 2.18. The molecule has 2 aliphatic rings. The van der Waals surface area contributed by atoms with Crippen LogP contribution in [-0.2, 0) is 13.0 Å². The summed E-state index contributed by atoms with van der Waals surface area (Å²) >= 11 is 6.30. The number of nitrogens with one attached hydrogen (secondary N) is 1. The zero-order chi connectivity index (χ0) is 20.5. The summed E-state index contributed by atoms with van der Waals surface area (Å²) < 4.78 is 11.1. The van der Waals surface area contributed by atoms with E-state index in [1.165, 1.54) is 11.1 Å². The Hall–Kier alpha value is -3.18. The molecule has 0 unspecified atom stereocenters. The highest BCUT2D eigenvalue weighted by atomic mass is 35.5. The van der Waals surface area contributed by atoms with Crippen LogP contribution in [0.1, 0.15) is 21.5 Å². The Kier molecular flexibility index (Phi) is 4.97. The first-order chi connectivity index (χ1) is 14.7. The van der Waals surface area contributed by atoms with Gasteiger partial charge in [0.2, 0.25) is 0 Å². The van der Waals surface area contributed by atoms with Crippen molar-refractivity contribution < 1.29 is 14.3 Å². The number of benzene rings is 3. The first-order valence-electron chi connectivity index (χ1n) is 10.00. The second kappa shape index (κ2) is 7.92. The van der Waals surface area contributed by atoms with Crippen LogP contribution in [0.5, 0.6) is 11.5 Å². The lowest BCUT2D eigenvalue weighted by Gasteiger charge is -2.30. The summed E-state index contributed by atoms with van der Waals surface area (Å²) in [5, 5.41) is 3.28. The number of anilines is 2. The minimum absolute atomic E-state index is 0.218. The predicted molar refractivity (Wildman–Crippen MR) is 118 cm³/mol. The number of halogens is 1. The molecule has 0 fully saturated rings. The maximum atomic E-state index is 12.7. The molecule has 0 saturated carbocycles. The van der Waals surface area contributed by atoms with Crippen LogP contribution < -0.4 is 19.7 Å². The molecule has 2 heterocycles. The number of amides is 1. The van der Waals surface area contributed by atoms with E-state index in [9.17, 15) is 4.79 Å². The standard InChI is InChI=1S/C24H21ClN2O3/c25-20-13-22-23(30-12-11-29-22)14-21(20)26-24(28)17-5-7-19(8-6-17)27-10-9-16-3-1-2-4-18(16)15-27/h1-8,13-14H,9-12,15H2,(H,26,28). The van der Waals surface area contributed by atoms with Crippen LogP contribution in [-0.4, -0.2) is 25.7 Å². The molecule has 0 atom stereocenters. The fraction of sp³-hybridized carbons (Fsp3) is 0.208. The van der Waals surface area contributed by atoms with Gasteiger partial charge in [-0.25, -0.2) is 0 Å². The third-order valence-electron chi connectivity index (χ3n) is 5.51. The third-order valence-corrected chi connectivity index (χ3v) is 5.82. The molecule has 3 aromatic carbocycles. The summed E-state index contributed by atoms with van der Waals surface area (Å²) in [6, 6.07) is 19.6. The Bertz CT molecular complexity index is 1100. The summed E-state index contributed by atoms with van der Waals surface area (Å²) in [4.78, 5) is 15.1. The van der Waals surface area contributed by atoms with Crippen molar-refractivity contribution in [2.45, 2.75) is 13.0 Å². The van der Waals surface area contributed by atoms with Gasteiger partial charge in [0.15, 0.2) is 11.5 Å². The number of nitrogens with zero attached hydrogens (tertiary/aromatic N) is 1. The van der Waals surface area contributed by atoms with Gasteiger partial charge in [0.05, 0.1) is 10.7 Å². The Balaban J connectivity index is 1.30. The number of hydrogen-bond donors (Lipinski definition) is 1. The SMILES string of the molecule is O=C(Nc1cc2c(cc1Cl)OCCO2)c1ccc(N2CCc3ccccc3C2)cc1. The van der Waals surface area contributed by atoms with Crippen LogP contribution in [0, 0.1) is 0 Å². The molecule has 1 N–H and O–H groups in total. The van der Waals surface area contributed by atoms with Crippen molar-refractivity contribution in [3.63, 3.8) is 0 Å². The monoisotopic (exact) mass is 420 g/mol. The van der Waals surface area contributed by atoms with Gasteiger partial charge < -0.3 is 19.7 Å². The maximum Gasteiger partial charge on any atom is 0.255 e. The summed E-state index contributed by atoms with van der Waals surface area (Å²) in [6.07, 6.45) is 1.03. The van der Waals surface area contributed by atoms with Crippen LogP contribution in [0.15, 0.2) is 60.7 Å². The number of ether oxygens (including phenoxy) is 2. The quantitative estimate of drug-likeness (QED) is 0.653.